The zero-order chi connectivity index (χ0) is 26.2. The molecule has 3 aromatic rings. The van der Waals surface area contributed by atoms with E-state index in [0.29, 0.717) is 11.7 Å². The lowest BCUT2D eigenvalue weighted by molar-refractivity contribution is -0.144. The van der Waals surface area contributed by atoms with Gasteiger partial charge >= 0.3 is 5.97 Å². The third-order valence-electron chi connectivity index (χ3n) is 6.07. The molecule has 3 rings (SSSR count). The van der Waals surface area contributed by atoms with E-state index in [1.54, 1.807) is 12.4 Å². The number of hydrogen-bond donors (Lipinski definition) is 1. The molecule has 0 radical (unpaired) electrons. The lowest BCUT2D eigenvalue weighted by Crippen LogP contribution is -2.34. The van der Waals surface area contributed by atoms with E-state index >= 15 is 0 Å². The number of carbonyl (C=O) groups is 2. The molecule has 2 aromatic heterocycles. The molecule has 0 bridgehead atoms. The number of hydrogen-bond acceptors (Lipinski definition) is 5. The van der Waals surface area contributed by atoms with Crippen LogP contribution >= 0.6 is 0 Å². The number of imidazole rings is 1. The molecule has 0 aliphatic heterocycles. The van der Waals surface area contributed by atoms with Crippen LogP contribution in [0.4, 0.5) is 0 Å². The molecule has 2 heterocycles. The Balaban J connectivity index is 1.69. The topological polar surface area (TPSA) is 102 Å². The molecule has 188 valence electrons. The highest BCUT2D eigenvalue weighted by Gasteiger charge is 2.22. The molecule has 0 aliphatic carbocycles. The van der Waals surface area contributed by atoms with Gasteiger partial charge in [0, 0.05) is 37.4 Å². The summed E-state index contributed by atoms with van der Waals surface area (Å²) < 4.78 is 9.19. The van der Waals surface area contributed by atoms with Crippen molar-refractivity contribution >= 4 is 18.0 Å². The van der Waals surface area contributed by atoms with Crippen LogP contribution in [0.3, 0.4) is 0 Å². The molecule has 8 nitrogen and oxygen atoms in total. The molecule has 0 saturated carbocycles. The van der Waals surface area contributed by atoms with E-state index in [1.807, 2.05) is 67.9 Å². The number of nitriles is 1. The zero-order valence-electron chi connectivity index (χ0n) is 21.5. The minimum atomic E-state index is -0.840. The van der Waals surface area contributed by atoms with Crippen molar-refractivity contribution in [2.75, 3.05) is 6.61 Å². The van der Waals surface area contributed by atoms with Gasteiger partial charge in [-0.1, -0.05) is 44.2 Å². The first kappa shape index (κ1) is 26.5. The molecule has 36 heavy (non-hydrogen) atoms. The molecule has 1 unspecified atom stereocenters. The monoisotopic (exact) mass is 487 g/mol. The SMILES string of the molecule is Cc1cc(/C=C(\C#N)C(=O)OCC(=O)NC(c2ccccc2)c2nccn2C)c(C)n1CCC(C)C. The quantitative estimate of drug-likeness (QED) is 0.262. The van der Waals surface area contributed by atoms with Crippen LogP contribution < -0.4 is 5.32 Å². The van der Waals surface area contributed by atoms with Crippen molar-refractivity contribution in [3.05, 3.63) is 82.7 Å². The van der Waals surface area contributed by atoms with Gasteiger partial charge in [-0.3, -0.25) is 4.79 Å². The largest absolute Gasteiger partial charge is 0.451 e. The molecular weight excluding hydrogens is 454 g/mol. The summed E-state index contributed by atoms with van der Waals surface area (Å²) in [4.78, 5) is 29.7. The predicted octanol–water partition coefficient (Wildman–Crippen LogP) is 4.24. The van der Waals surface area contributed by atoms with Gasteiger partial charge in [-0.15, -0.1) is 0 Å². The van der Waals surface area contributed by atoms with Gasteiger partial charge in [-0.2, -0.15) is 5.26 Å². The van der Waals surface area contributed by atoms with Crippen molar-refractivity contribution in [2.45, 2.75) is 46.7 Å². The van der Waals surface area contributed by atoms with E-state index in [9.17, 15) is 14.9 Å². The Morgan fingerprint density at radius 2 is 1.94 bits per heavy atom. The van der Waals surface area contributed by atoms with E-state index in [2.05, 4.69) is 28.7 Å². The normalized spacial score (nSPS) is 12.3. The smallest absolute Gasteiger partial charge is 0.349 e. The van der Waals surface area contributed by atoms with E-state index in [0.717, 1.165) is 35.5 Å². The van der Waals surface area contributed by atoms with Crippen LogP contribution in [0.5, 0.6) is 0 Å². The first-order valence-electron chi connectivity index (χ1n) is 12.0. The maximum absolute atomic E-state index is 12.7. The number of nitrogens with one attached hydrogen (secondary N) is 1. The molecule has 1 N–H and O–H groups in total. The van der Waals surface area contributed by atoms with Crippen molar-refractivity contribution in [3.8, 4) is 6.07 Å². The summed E-state index contributed by atoms with van der Waals surface area (Å²) in [5, 5.41) is 12.5. The van der Waals surface area contributed by atoms with Crippen molar-refractivity contribution in [3.63, 3.8) is 0 Å². The van der Waals surface area contributed by atoms with Crippen LogP contribution in [0.25, 0.3) is 6.08 Å². The fourth-order valence-corrected chi connectivity index (χ4v) is 4.01. The van der Waals surface area contributed by atoms with Crippen LogP contribution in [0.1, 0.15) is 54.6 Å². The van der Waals surface area contributed by atoms with Gasteiger partial charge in [0.25, 0.3) is 5.91 Å². The number of rotatable bonds is 10. The van der Waals surface area contributed by atoms with Crippen LogP contribution in [0.2, 0.25) is 0 Å². The Bertz CT molecular complexity index is 1280. The molecule has 8 heteroatoms. The summed E-state index contributed by atoms with van der Waals surface area (Å²) in [5.41, 5.74) is 3.51. The summed E-state index contributed by atoms with van der Waals surface area (Å²) in [6.07, 6.45) is 6.00. The van der Waals surface area contributed by atoms with Gasteiger partial charge in [0.1, 0.15) is 23.5 Å². The zero-order valence-corrected chi connectivity index (χ0v) is 21.5. The molecule has 1 amide bonds. The average molecular weight is 488 g/mol. The van der Waals surface area contributed by atoms with E-state index in [4.69, 9.17) is 4.74 Å². The summed E-state index contributed by atoms with van der Waals surface area (Å²) in [5.74, 6) is -0.122. The van der Waals surface area contributed by atoms with Crippen molar-refractivity contribution < 1.29 is 14.3 Å². The fourth-order valence-electron chi connectivity index (χ4n) is 4.01. The van der Waals surface area contributed by atoms with E-state index < -0.39 is 24.5 Å². The standard InChI is InChI=1S/C28H33N5O3/c1-19(2)11-13-33-20(3)15-23(21(33)4)16-24(17-29)28(35)36-18-25(34)31-26(22-9-7-6-8-10-22)27-30-12-14-32(27)5/h6-10,12,14-16,19,26H,11,13,18H2,1-5H3,(H,31,34)/b24-16+. The number of aryl methyl sites for hydroxylation is 2. The Hall–Kier alpha value is -4.12. The van der Waals surface area contributed by atoms with Crippen molar-refractivity contribution in [2.24, 2.45) is 13.0 Å². The maximum atomic E-state index is 12.7. The highest BCUT2D eigenvalue weighted by Crippen LogP contribution is 2.21. The third kappa shape index (κ3) is 6.51. The lowest BCUT2D eigenvalue weighted by Gasteiger charge is -2.19. The minimum absolute atomic E-state index is 0.157. The summed E-state index contributed by atoms with van der Waals surface area (Å²) in [6.45, 7) is 8.67. The van der Waals surface area contributed by atoms with E-state index in [-0.39, 0.29) is 5.57 Å². The molecule has 1 aromatic carbocycles. The predicted molar refractivity (Wildman–Crippen MR) is 138 cm³/mol. The number of ether oxygens (including phenoxy) is 1. The van der Waals surface area contributed by atoms with Crippen molar-refractivity contribution in [1.82, 2.24) is 19.4 Å². The van der Waals surface area contributed by atoms with Gasteiger partial charge in [0.2, 0.25) is 0 Å². The van der Waals surface area contributed by atoms with Gasteiger partial charge in [0.15, 0.2) is 6.61 Å². The first-order chi connectivity index (χ1) is 17.2. The number of esters is 1. The molecule has 0 saturated heterocycles. The Labute approximate surface area is 212 Å². The number of carbonyl (C=O) groups excluding carboxylic acids is 2. The molecule has 0 aliphatic rings. The van der Waals surface area contributed by atoms with Crippen LogP contribution in [-0.2, 0) is 27.9 Å². The second kappa shape index (κ2) is 12.0. The number of aromatic nitrogens is 3. The van der Waals surface area contributed by atoms with Crippen LogP contribution in [0.15, 0.2) is 54.4 Å². The molecule has 0 fully saturated rings. The number of amides is 1. The van der Waals surface area contributed by atoms with Crippen molar-refractivity contribution in [1.29, 1.82) is 5.26 Å². The van der Waals surface area contributed by atoms with Crippen LogP contribution in [0, 0.1) is 31.1 Å². The van der Waals surface area contributed by atoms with Gasteiger partial charge in [0.05, 0.1) is 0 Å². The highest BCUT2D eigenvalue weighted by molar-refractivity contribution is 5.99. The Morgan fingerprint density at radius 1 is 1.22 bits per heavy atom. The Morgan fingerprint density at radius 3 is 2.56 bits per heavy atom. The molecule has 1 atom stereocenters. The minimum Gasteiger partial charge on any atom is -0.451 e. The second-order valence-electron chi connectivity index (χ2n) is 9.21. The summed E-state index contributed by atoms with van der Waals surface area (Å²) >= 11 is 0. The number of benzene rings is 1. The molecular formula is C28H33N5O3. The molecule has 0 spiro atoms. The average Bonchev–Trinajstić information content (AvgIpc) is 3.40. The Kier molecular flexibility index (Phi) is 8.85. The van der Waals surface area contributed by atoms with Gasteiger partial charge in [-0.05, 0) is 49.5 Å². The van der Waals surface area contributed by atoms with Gasteiger partial charge < -0.3 is 19.2 Å². The summed E-state index contributed by atoms with van der Waals surface area (Å²) in [6, 6.07) is 12.8. The maximum Gasteiger partial charge on any atom is 0.349 e. The second-order valence-corrected chi connectivity index (χ2v) is 9.21. The highest BCUT2D eigenvalue weighted by atomic mass is 16.5. The van der Waals surface area contributed by atoms with Gasteiger partial charge in [-0.25, -0.2) is 9.78 Å². The third-order valence-corrected chi connectivity index (χ3v) is 6.07. The number of nitrogens with zero attached hydrogens (tertiary/aromatic N) is 4. The fraction of sp³-hybridized carbons (Fsp3) is 0.357. The van der Waals surface area contributed by atoms with Crippen LogP contribution in [-0.4, -0.2) is 32.6 Å². The summed E-state index contributed by atoms with van der Waals surface area (Å²) in [7, 11) is 1.84. The van der Waals surface area contributed by atoms with E-state index in [1.165, 1.54) is 6.08 Å². The first-order valence-corrected chi connectivity index (χ1v) is 12.0. The lowest BCUT2D eigenvalue weighted by atomic mass is 10.1.